The van der Waals surface area contributed by atoms with Gasteiger partial charge in [-0.05, 0) is 18.2 Å². The summed E-state index contributed by atoms with van der Waals surface area (Å²) >= 11 is 6.10. The molecule has 0 unspecified atom stereocenters. The summed E-state index contributed by atoms with van der Waals surface area (Å²) in [7, 11) is 1.51. The van der Waals surface area contributed by atoms with Crippen LogP contribution >= 0.6 is 11.6 Å². The van der Waals surface area contributed by atoms with Gasteiger partial charge < -0.3 is 15.4 Å². The van der Waals surface area contributed by atoms with E-state index in [1.807, 2.05) is 6.07 Å². The molecule has 2 N–H and O–H groups in total. The number of methoxy groups -OCH3 is 1. The molecule has 1 heterocycles. The minimum absolute atomic E-state index is 0.125. The first kappa shape index (κ1) is 16.9. The molecule has 0 aliphatic heterocycles. The van der Waals surface area contributed by atoms with E-state index < -0.39 is 17.9 Å². The van der Waals surface area contributed by atoms with E-state index >= 15 is 0 Å². The summed E-state index contributed by atoms with van der Waals surface area (Å²) in [5.41, 5.74) is 1.19. The van der Waals surface area contributed by atoms with Crippen LogP contribution in [0.15, 0.2) is 48.8 Å². The summed E-state index contributed by atoms with van der Waals surface area (Å²) < 4.78 is 5.32. The average molecular weight is 334 g/mol. The number of carbonyl (C=O) groups excluding carboxylic acids is 2. The van der Waals surface area contributed by atoms with Gasteiger partial charge in [0.2, 0.25) is 0 Å². The number of aromatic nitrogens is 1. The van der Waals surface area contributed by atoms with Crippen LogP contribution in [-0.2, 0) is 14.3 Å². The van der Waals surface area contributed by atoms with Gasteiger partial charge in [-0.15, -0.1) is 0 Å². The van der Waals surface area contributed by atoms with Crippen LogP contribution in [0.25, 0.3) is 0 Å². The molecule has 0 saturated heterocycles. The largest absolute Gasteiger partial charge is 0.375 e. The number of carbonyl (C=O) groups is 2. The van der Waals surface area contributed by atoms with Crippen LogP contribution < -0.4 is 10.6 Å². The molecule has 2 aromatic rings. The van der Waals surface area contributed by atoms with Crippen molar-refractivity contribution in [2.45, 2.75) is 6.10 Å². The lowest BCUT2D eigenvalue weighted by atomic mass is 10.1. The lowest BCUT2D eigenvalue weighted by molar-refractivity contribution is -0.136. The van der Waals surface area contributed by atoms with Crippen molar-refractivity contribution in [3.63, 3.8) is 0 Å². The van der Waals surface area contributed by atoms with Crippen molar-refractivity contribution in [1.29, 1.82) is 0 Å². The molecule has 0 aliphatic rings. The van der Waals surface area contributed by atoms with E-state index in [0.717, 1.165) is 5.56 Å². The average Bonchev–Trinajstić information content (AvgIpc) is 2.57. The van der Waals surface area contributed by atoms with Gasteiger partial charge in [0.25, 0.3) is 0 Å². The van der Waals surface area contributed by atoms with Gasteiger partial charge in [0, 0.05) is 30.4 Å². The molecule has 1 aromatic heterocycles. The highest BCUT2D eigenvalue weighted by molar-refractivity contribution is 6.39. The zero-order valence-corrected chi connectivity index (χ0v) is 13.2. The number of nitrogens with one attached hydrogen (secondary N) is 2. The molecule has 120 valence electrons. The maximum absolute atomic E-state index is 11.9. The van der Waals surface area contributed by atoms with Gasteiger partial charge in [-0.1, -0.05) is 29.8 Å². The second kappa shape index (κ2) is 8.26. The number of halogens is 1. The molecular weight excluding hydrogens is 318 g/mol. The lowest BCUT2D eigenvalue weighted by Crippen LogP contribution is -2.38. The van der Waals surface area contributed by atoms with Crippen molar-refractivity contribution in [1.82, 2.24) is 10.3 Å². The smallest absolute Gasteiger partial charge is 0.313 e. The summed E-state index contributed by atoms with van der Waals surface area (Å²) in [6, 6.07) is 10.5. The van der Waals surface area contributed by atoms with E-state index in [2.05, 4.69) is 15.6 Å². The van der Waals surface area contributed by atoms with Crippen molar-refractivity contribution in [2.75, 3.05) is 19.0 Å². The molecule has 6 nitrogen and oxygen atoms in total. The Morgan fingerprint density at radius 2 is 2.00 bits per heavy atom. The first-order valence-corrected chi connectivity index (χ1v) is 7.26. The SMILES string of the molecule is CO[C@H](CNC(=O)C(=O)Nc1cccnc1)c1ccccc1Cl. The highest BCUT2D eigenvalue weighted by Crippen LogP contribution is 2.24. The Labute approximate surface area is 138 Å². The number of ether oxygens (including phenoxy) is 1. The molecular formula is C16H16ClN3O3. The van der Waals surface area contributed by atoms with Crippen molar-refractivity contribution in [3.05, 3.63) is 59.4 Å². The third-order valence-corrected chi connectivity index (χ3v) is 3.45. The van der Waals surface area contributed by atoms with Crippen molar-refractivity contribution in [3.8, 4) is 0 Å². The summed E-state index contributed by atoms with van der Waals surface area (Å²) in [6.07, 6.45) is 2.58. The minimum Gasteiger partial charge on any atom is -0.375 e. The molecule has 0 saturated carbocycles. The van der Waals surface area contributed by atoms with Crippen LogP contribution in [0.2, 0.25) is 5.02 Å². The monoisotopic (exact) mass is 333 g/mol. The van der Waals surface area contributed by atoms with Crippen LogP contribution in [0.1, 0.15) is 11.7 Å². The zero-order valence-electron chi connectivity index (χ0n) is 12.5. The first-order valence-electron chi connectivity index (χ1n) is 6.88. The number of hydrogen-bond donors (Lipinski definition) is 2. The number of benzene rings is 1. The number of pyridine rings is 1. The number of hydrogen-bond acceptors (Lipinski definition) is 4. The van der Waals surface area contributed by atoms with Crippen molar-refractivity contribution < 1.29 is 14.3 Å². The van der Waals surface area contributed by atoms with Gasteiger partial charge in [0.15, 0.2) is 0 Å². The minimum atomic E-state index is -0.771. The Hall–Kier alpha value is -2.44. The van der Waals surface area contributed by atoms with Crippen LogP contribution in [-0.4, -0.2) is 30.5 Å². The summed E-state index contributed by atoms with van der Waals surface area (Å²) in [5, 5.41) is 5.51. The quantitative estimate of drug-likeness (QED) is 0.822. The topological polar surface area (TPSA) is 80.3 Å². The van der Waals surface area contributed by atoms with E-state index in [0.29, 0.717) is 10.7 Å². The van der Waals surface area contributed by atoms with Gasteiger partial charge in [0.1, 0.15) is 6.10 Å². The van der Waals surface area contributed by atoms with Crippen LogP contribution in [0, 0.1) is 0 Å². The van der Waals surface area contributed by atoms with E-state index in [-0.39, 0.29) is 6.54 Å². The summed E-state index contributed by atoms with van der Waals surface area (Å²) in [5.74, 6) is -1.53. The van der Waals surface area contributed by atoms with Crippen LogP contribution in [0.3, 0.4) is 0 Å². The zero-order chi connectivity index (χ0) is 16.7. The Kier molecular flexibility index (Phi) is 6.08. The highest BCUT2D eigenvalue weighted by atomic mass is 35.5. The molecule has 1 atom stereocenters. The molecule has 0 spiro atoms. The molecule has 0 aliphatic carbocycles. The molecule has 0 radical (unpaired) electrons. The number of nitrogens with zero attached hydrogens (tertiary/aromatic N) is 1. The maximum Gasteiger partial charge on any atom is 0.313 e. The number of anilines is 1. The van der Waals surface area contributed by atoms with Crippen LogP contribution in [0.5, 0.6) is 0 Å². The Bertz CT molecular complexity index is 679. The van der Waals surface area contributed by atoms with Gasteiger partial charge in [-0.25, -0.2) is 0 Å². The highest BCUT2D eigenvalue weighted by Gasteiger charge is 2.18. The predicted molar refractivity (Wildman–Crippen MR) is 87.1 cm³/mol. The summed E-state index contributed by atoms with van der Waals surface area (Å²) in [4.78, 5) is 27.5. The number of amides is 2. The molecule has 0 bridgehead atoms. The van der Waals surface area contributed by atoms with Crippen LogP contribution in [0.4, 0.5) is 5.69 Å². The Balaban J connectivity index is 1.92. The molecule has 2 rings (SSSR count). The third kappa shape index (κ3) is 4.77. The van der Waals surface area contributed by atoms with E-state index in [1.54, 1.807) is 36.5 Å². The fourth-order valence-electron chi connectivity index (χ4n) is 1.95. The summed E-state index contributed by atoms with van der Waals surface area (Å²) in [6.45, 7) is 0.125. The fraction of sp³-hybridized carbons (Fsp3) is 0.188. The van der Waals surface area contributed by atoms with E-state index in [4.69, 9.17) is 16.3 Å². The second-order valence-electron chi connectivity index (χ2n) is 4.65. The predicted octanol–water partition coefficient (Wildman–Crippen LogP) is 2.18. The molecule has 0 fully saturated rings. The van der Waals surface area contributed by atoms with Gasteiger partial charge in [0.05, 0.1) is 11.9 Å². The fourth-order valence-corrected chi connectivity index (χ4v) is 2.20. The van der Waals surface area contributed by atoms with E-state index in [9.17, 15) is 9.59 Å². The lowest BCUT2D eigenvalue weighted by Gasteiger charge is -2.17. The third-order valence-electron chi connectivity index (χ3n) is 3.11. The van der Waals surface area contributed by atoms with Crippen molar-refractivity contribution >= 4 is 29.1 Å². The Morgan fingerprint density at radius 3 is 2.65 bits per heavy atom. The Morgan fingerprint density at radius 1 is 1.22 bits per heavy atom. The standard InChI is InChI=1S/C16H16ClN3O3/c1-23-14(12-6-2-3-7-13(12)17)10-19-15(21)16(22)20-11-5-4-8-18-9-11/h2-9,14H,10H2,1H3,(H,19,21)(H,20,22)/t14-/m1/s1. The van der Waals surface area contributed by atoms with Gasteiger partial charge in [-0.2, -0.15) is 0 Å². The first-order chi connectivity index (χ1) is 11.1. The van der Waals surface area contributed by atoms with Gasteiger partial charge in [-0.3, -0.25) is 14.6 Å². The molecule has 2 amide bonds. The molecule has 1 aromatic carbocycles. The normalized spacial score (nSPS) is 11.6. The van der Waals surface area contributed by atoms with Gasteiger partial charge >= 0.3 is 11.8 Å². The second-order valence-corrected chi connectivity index (χ2v) is 5.06. The molecule has 7 heteroatoms. The molecule has 23 heavy (non-hydrogen) atoms. The number of rotatable bonds is 5. The van der Waals surface area contributed by atoms with E-state index in [1.165, 1.54) is 13.3 Å². The maximum atomic E-state index is 11.9. The van der Waals surface area contributed by atoms with Crippen molar-refractivity contribution in [2.24, 2.45) is 0 Å².